The summed E-state index contributed by atoms with van der Waals surface area (Å²) >= 11 is 5.97. The van der Waals surface area contributed by atoms with Gasteiger partial charge in [-0.05, 0) is 62.1 Å². The Morgan fingerprint density at radius 1 is 1.10 bits per heavy atom. The van der Waals surface area contributed by atoms with Crippen LogP contribution in [0.4, 0.5) is 10.1 Å². The van der Waals surface area contributed by atoms with E-state index in [1.54, 1.807) is 16.8 Å². The Bertz CT molecular complexity index is 1030. The molecule has 8 heteroatoms. The molecule has 0 bridgehead atoms. The van der Waals surface area contributed by atoms with E-state index in [2.05, 4.69) is 15.7 Å². The van der Waals surface area contributed by atoms with E-state index in [-0.39, 0.29) is 28.8 Å². The number of carbonyl (C=O) groups excluding carboxylic acids is 2. The van der Waals surface area contributed by atoms with Gasteiger partial charge in [0.2, 0.25) is 5.91 Å². The average Bonchev–Trinajstić information content (AvgIpc) is 3.15. The second-order valence-electron chi connectivity index (χ2n) is 7.24. The van der Waals surface area contributed by atoms with Crippen molar-refractivity contribution in [3.8, 4) is 0 Å². The summed E-state index contributed by atoms with van der Waals surface area (Å²) in [5, 5.41) is 10.2. The predicted molar refractivity (Wildman–Crippen MR) is 108 cm³/mol. The Kier molecular flexibility index (Phi) is 5.49. The minimum atomic E-state index is -0.449. The number of hydrogen-bond donors (Lipinski definition) is 2. The first kappa shape index (κ1) is 19.4. The van der Waals surface area contributed by atoms with Gasteiger partial charge in [0, 0.05) is 18.2 Å². The number of nitrogens with zero attached hydrogens (tertiary/aromatic N) is 2. The lowest BCUT2D eigenvalue weighted by atomic mass is 9.85. The number of anilines is 1. The van der Waals surface area contributed by atoms with Crippen LogP contribution in [0.25, 0.3) is 5.52 Å². The minimum Gasteiger partial charge on any atom is -0.348 e. The largest absolute Gasteiger partial charge is 0.348 e. The van der Waals surface area contributed by atoms with Crippen LogP contribution in [0.2, 0.25) is 5.02 Å². The van der Waals surface area contributed by atoms with Crippen LogP contribution in [-0.4, -0.2) is 27.5 Å². The van der Waals surface area contributed by atoms with Crippen LogP contribution in [-0.2, 0) is 4.79 Å². The van der Waals surface area contributed by atoms with E-state index >= 15 is 0 Å². The second kappa shape index (κ2) is 8.21. The van der Waals surface area contributed by atoms with Crippen LogP contribution < -0.4 is 10.6 Å². The maximum atomic E-state index is 13.1. The lowest BCUT2D eigenvalue weighted by Crippen LogP contribution is -2.39. The molecule has 1 fully saturated rings. The Labute approximate surface area is 172 Å². The van der Waals surface area contributed by atoms with Gasteiger partial charge < -0.3 is 10.6 Å². The smallest absolute Gasteiger partial charge is 0.272 e. The maximum Gasteiger partial charge on any atom is 0.272 e. The van der Waals surface area contributed by atoms with Crippen molar-refractivity contribution in [1.29, 1.82) is 0 Å². The second-order valence-corrected chi connectivity index (χ2v) is 7.64. The third-order valence-corrected chi connectivity index (χ3v) is 5.54. The molecule has 1 saturated carbocycles. The zero-order valence-corrected chi connectivity index (χ0v) is 16.3. The summed E-state index contributed by atoms with van der Waals surface area (Å²) in [5.41, 5.74) is 1.64. The molecule has 0 atom stereocenters. The highest BCUT2D eigenvalue weighted by Crippen LogP contribution is 2.28. The fourth-order valence-electron chi connectivity index (χ4n) is 3.63. The van der Waals surface area contributed by atoms with Crippen molar-refractivity contribution < 1.29 is 14.0 Å². The zero-order valence-electron chi connectivity index (χ0n) is 15.6. The van der Waals surface area contributed by atoms with Crippen LogP contribution in [0.1, 0.15) is 36.2 Å². The number of benzene rings is 1. The number of fused-ring (bicyclic) bond motifs is 1. The highest BCUT2D eigenvalue weighted by Gasteiger charge is 2.28. The first-order valence-electron chi connectivity index (χ1n) is 9.51. The SMILES string of the molecule is O=C(N[C@H]1CC[C@H](C(=O)Nc2ccc(F)cc2Cl)CC1)c1cc2ccccn2n1. The third kappa shape index (κ3) is 4.40. The molecule has 0 radical (unpaired) electrons. The molecule has 1 aliphatic carbocycles. The Morgan fingerprint density at radius 2 is 1.90 bits per heavy atom. The fraction of sp³-hybridized carbons (Fsp3) is 0.286. The molecule has 0 unspecified atom stereocenters. The molecule has 0 spiro atoms. The van der Waals surface area contributed by atoms with E-state index < -0.39 is 5.82 Å². The van der Waals surface area contributed by atoms with E-state index in [4.69, 9.17) is 11.6 Å². The van der Waals surface area contributed by atoms with Gasteiger partial charge in [0.05, 0.1) is 16.2 Å². The van der Waals surface area contributed by atoms with Gasteiger partial charge in [0.15, 0.2) is 5.69 Å². The summed E-state index contributed by atoms with van der Waals surface area (Å²) in [6.07, 6.45) is 4.51. The molecule has 6 nitrogen and oxygen atoms in total. The van der Waals surface area contributed by atoms with E-state index in [0.717, 1.165) is 5.52 Å². The molecule has 4 rings (SSSR count). The van der Waals surface area contributed by atoms with Gasteiger partial charge in [-0.25, -0.2) is 8.91 Å². The van der Waals surface area contributed by atoms with Gasteiger partial charge >= 0.3 is 0 Å². The number of pyridine rings is 1. The molecule has 2 heterocycles. The molecule has 1 aromatic carbocycles. The molecule has 1 aliphatic rings. The Hall–Kier alpha value is -2.93. The van der Waals surface area contributed by atoms with Gasteiger partial charge in [-0.3, -0.25) is 9.59 Å². The van der Waals surface area contributed by atoms with Gasteiger partial charge in [0.25, 0.3) is 5.91 Å². The van der Waals surface area contributed by atoms with Crippen molar-refractivity contribution in [3.63, 3.8) is 0 Å². The number of halogens is 2. The lowest BCUT2D eigenvalue weighted by molar-refractivity contribution is -0.120. The van der Waals surface area contributed by atoms with Crippen LogP contribution in [0.3, 0.4) is 0 Å². The molecule has 3 aromatic rings. The van der Waals surface area contributed by atoms with Crippen molar-refractivity contribution in [2.45, 2.75) is 31.7 Å². The average molecular weight is 415 g/mol. The zero-order chi connectivity index (χ0) is 20.4. The highest BCUT2D eigenvalue weighted by molar-refractivity contribution is 6.33. The van der Waals surface area contributed by atoms with Crippen molar-refractivity contribution >= 4 is 34.6 Å². The number of amides is 2. The summed E-state index contributed by atoms with van der Waals surface area (Å²) < 4.78 is 14.8. The normalized spacial score (nSPS) is 19.1. The minimum absolute atomic E-state index is 0.00534. The number of hydrogen-bond acceptors (Lipinski definition) is 3. The van der Waals surface area contributed by atoms with Crippen molar-refractivity contribution in [1.82, 2.24) is 14.9 Å². The number of aromatic nitrogens is 2. The van der Waals surface area contributed by atoms with E-state index in [0.29, 0.717) is 37.1 Å². The summed E-state index contributed by atoms with van der Waals surface area (Å²) in [4.78, 5) is 25.0. The van der Waals surface area contributed by atoms with E-state index in [9.17, 15) is 14.0 Å². The number of carbonyl (C=O) groups is 2. The van der Waals surface area contributed by atoms with Crippen molar-refractivity contribution in [2.24, 2.45) is 5.92 Å². The lowest BCUT2D eigenvalue weighted by Gasteiger charge is -2.28. The first-order valence-corrected chi connectivity index (χ1v) is 9.88. The van der Waals surface area contributed by atoms with Crippen LogP contribution in [0.5, 0.6) is 0 Å². The first-order chi connectivity index (χ1) is 14.0. The van der Waals surface area contributed by atoms with Crippen molar-refractivity contribution in [3.05, 3.63) is 65.2 Å². The quantitative estimate of drug-likeness (QED) is 0.676. The fourth-order valence-corrected chi connectivity index (χ4v) is 3.85. The molecule has 0 saturated heterocycles. The summed E-state index contributed by atoms with van der Waals surface area (Å²) in [5.74, 6) is -0.961. The molecular weight excluding hydrogens is 395 g/mol. The molecular formula is C21H20ClFN4O2. The molecule has 29 heavy (non-hydrogen) atoms. The summed E-state index contributed by atoms with van der Waals surface area (Å²) in [7, 11) is 0. The van der Waals surface area contributed by atoms with E-state index in [1.165, 1.54) is 18.2 Å². The van der Waals surface area contributed by atoms with Crippen LogP contribution >= 0.6 is 11.6 Å². The molecule has 150 valence electrons. The number of rotatable bonds is 4. The predicted octanol–water partition coefficient (Wildman–Crippen LogP) is 4.05. The maximum absolute atomic E-state index is 13.1. The highest BCUT2D eigenvalue weighted by atomic mass is 35.5. The van der Waals surface area contributed by atoms with Gasteiger partial charge in [-0.2, -0.15) is 5.10 Å². The third-order valence-electron chi connectivity index (χ3n) is 5.22. The summed E-state index contributed by atoms with van der Waals surface area (Å²) in [6, 6.07) is 11.3. The van der Waals surface area contributed by atoms with Crippen LogP contribution in [0.15, 0.2) is 48.7 Å². The summed E-state index contributed by atoms with van der Waals surface area (Å²) in [6.45, 7) is 0. The molecule has 2 aromatic heterocycles. The topological polar surface area (TPSA) is 75.5 Å². The van der Waals surface area contributed by atoms with Gasteiger partial charge in [-0.1, -0.05) is 17.7 Å². The standard InChI is InChI=1S/C21H20ClFN4O2/c22-17-11-14(23)6-9-18(17)25-20(28)13-4-7-15(8-5-13)24-21(29)19-12-16-3-1-2-10-27(16)26-19/h1-3,6,9-13,15H,4-5,7-8H2,(H,24,29)(H,25,28)/t13-,15-. The van der Waals surface area contributed by atoms with E-state index in [1.807, 2.05) is 18.2 Å². The van der Waals surface area contributed by atoms with Crippen LogP contribution in [0, 0.1) is 11.7 Å². The molecule has 2 N–H and O–H groups in total. The Balaban J connectivity index is 1.30. The monoisotopic (exact) mass is 414 g/mol. The van der Waals surface area contributed by atoms with Crippen molar-refractivity contribution in [2.75, 3.05) is 5.32 Å². The number of nitrogens with one attached hydrogen (secondary N) is 2. The van der Waals surface area contributed by atoms with Gasteiger partial charge in [0.1, 0.15) is 5.82 Å². The van der Waals surface area contributed by atoms with Gasteiger partial charge in [-0.15, -0.1) is 0 Å². The Morgan fingerprint density at radius 3 is 2.62 bits per heavy atom. The molecule has 2 amide bonds. The molecule has 0 aliphatic heterocycles.